The SMILES string of the molecule is Cc1ccc(N2CCCC2c2nccc(C)n2)nn1. The highest BCUT2D eigenvalue weighted by Crippen LogP contribution is 2.33. The largest absolute Gasteiger partial charge is 0.345 e. The minimum absolute atomic E-state index is 0.219. The molecule has 0 amide bonds. The summed E-state index contributed by atoms with van der Waals surface area (Å²) < 4.78 is 0. The zero-order valence-electron chi connectivity index (χ0n) is 11.2. The van der Waals surface area contributed by atoms with Gasteiger partial charge in [-0.15, -0.1) is 5.10 Å². The van der Waals surface area contributed by atoms with Gasteiger partial charge in [-0.1, -0.05) is 0 Å². The van der Waals surface area contributed by atoms with Crippen molar-refractivity contribution in [3.8, 4) is 0 Å². The lowest BCUT2D eigenvalue weighted by atomic mass is 10.2. The van der Waals surface area contributed by atoms with Gasteiger partial charge in [0.15, 0.2) is 11.6 Å². The highest BCUT2D eigenvalue weighted by molar-refractivity contribution is 5.41. The van der Waals surface area contributed by atoms with Crippen molar-refractivity contribution in [1.29, 1.82) is 0 Å². The van der Waals surface area contributed by atoms with Gasteiger partial charge in [0, 0.05) is 18.4 Å². The van der Waals surface area contributed by atoms with E-state index in [4.69, 9.17) is 0 Å². The molecule has 0 radical (unpaired) electrons. The van der Waals surface area contributed by atoms with E-state index in [2.05, 4.69) is 25.1 Å². The Morgan fingerprint density at radius 2 is 2.00 bits per heavy atom. The molecule has 0 aromatic carbocycles. The first kappa shape index (κ1) is 12.0. The maximum Gasteiger partial charge on any atom is 0.151 e. The standard InChI is InChI=1S/C14H17N5/c1-10-7-8-15-14(16-10)12-4-3-9-19(12)13-6-5-11(2)17-18-13/h5-8,12H,3-4,9H2,1-2H3. The average molecular weight is 255 g/mol. The summed E-state index contributed by atoms with van der Waals surface area (Å²) in [5, 5.41) is 8.42. The van der Waals surface area contributed by atoms with Crippen molar-refractivity contribution in [1.82, 2.24) is 20.2 Å². The summed E-state index contributed by atoms with van der Waals surface area (Å²) in [4.78, 5) is 11.2. The lowest BCUT2D eigenvalue weighted by Crippen LogP contribution is -2.25. The van der Waals surface area contributed by atoms with Crippen LogP contribution in [0.15, 0.2) is 24.4 Å². The van der Waals surface area contributed by atoms with Gasteiger partial charge in [0.05, 0.1) is 11.7 Å². The number of aryl methyl sites for hydroxylation is 2. The van der Waals surface area contributed by atoms with Crippen LogP contribution in [0, 0.1) is 13.8 Å². The Morgan fingerprint density at radius 1 is 1.11 bits per heavy atom. The first-order valence-corrected chi connectivity index (χ1v) is 6.60. The van der Waals surface area contributed by atoms with E-state index in [0.717, 1.165) is 42.4 Å². The van der Waals surface area contributed by atoms with E-state index in [9.17, 15) is 0 Å². The summed E-state index contributed by atoms with van der Waals surface area (Å²) in [6, 6.07) is 6.16. The van der Waals surface area contributed by atoms with Crippen molar-refractivity contribution in [2.75, 3.05) is 11.4 Å². The minimum Gasteiger partial charge on any atom is -0.345 e. The van der Waals surface area contributed by atoms with Gasteiger partial charge in [-0.2, -0.15) is 5.10 Å². The molecule has 0 spiro atoms. The van der Waals surface area contributed by atoms with Crippen LogP contribution < -0.4 is 4.90 Å². The van der Waals surface area contributed by atoms with Crippen LogP contribution in [0.1, 0.15) is 36.1 Å². The highest BCUT2D eigenvalue weighted by atomic mass is 15.3. The van der Waals surface area contributed by atoms with E-state index < -0.39 is 0 Å². The molecule has 1 aliphatic rings. The molecule has 5 heteroatoms. The molecule has 3 heterocycles. The molecule has 1 aliphatic heterocycles. The van der Waals surface area contributed by atoms with E-state index in [1.807, 2.05) is 38.2 Å². The quantitative estimate of drug-likeness (QED) is 0.823. The van der Waals surface area contributed by atoms with E-state index in [-0.39, 0.29) is 6.04 Å². The molecule has 1 saturated heterocycles. The molecular weight excluding hydrogens is 238 g/mol. The number of nitrogens with zero attached hydrogens (tertiary/aromatic N) is 5. The highest BCUT2D eigenvalue weighted by Gasteiger charge is 2.29. The molecule has 0 saturated carbocycles. The summed E-state index contributed by atoms with van der Waals surface area (Å²) >= 11 is 0. The lowest BCUT2D eigenvalue weighted by molar-refractivity contribution is 0.652. The van der Waals surface area contributed by atoms with Crippen molar-refractivity contribution in [2.45, 2.75) is 32.7 Å². The third-order valence-electron chi connectivity index (χ3n) is 3.44. The minimum atomic E-state index is 0.219. The van der Waals surface area contributed by atoms with Crippen LogP contribution in [-0.2, 0) is 0 Å². The molecule has 5 nitrogen and oxygen atoms in total. The molecule has 0 N–H and O–H groups in total. The van der Waals surface area contributed by atoms with Crippen molar-refractivity contribution in [2.24, 2.45) is 0 Å². The zero-order chi connectivity index (χ0) is 13.2. The first-order valence-electron chi connectivity index (χ1n) is 6.60. The van der Waals surface area contributed by atoms with E-state index in [0.29, 0.717) is 0 Å². The third kappa shape index (κ3) is 2.41. The Kier molecular flexibility index (Phi) is 3.11. The molecular formula is C14H17N5. The van der Waals surface area contributed by atoms with Gasteiger partial charge in [0.2, 0.25) is 0 Å². The number of hydrogen-bond acceptors (Lipinski definition) is 5. The molecule has 0 aliphatic carbocycles. The Labute approximate surface area is 112 Å². The fraction of sp³-hybridized carbons (Fsp3) is 0.429. The second-order valence-electron chi connectivity index (χ2n) is 4.94. The van der Waals surface area contributed by atoms with Crippen molar-refractivity contribution in [3.63, 3.8) is 0 Å². The molecule has 2 aromatic heterocycles. The summed E-state index contributed by atoms with van der Waals surface area (Å²) in [5.41, 5.74) is 1.94. The molecule has 98 valence electrons. The predicted octanol–water partition coefficient (Wildman–Crippen LogP) is 2.22. The summed E-state index contributed by atoms with van der Waals surface area (Å²) in [6.45, 7) is 4.93. The maximum atomic E-state index is 4.55. The van der Waals surface area contributed by atoms with Gasteiger partial charge in [0.25, 0.3) is 0 Å². The lowest BCUT2D eigenvalue weighted by Gasteiger charge is -2.24. The molecule has 2 aromatic rings. The Bertz CT molecular complexity index is 566. The molecule has 19 heavy (non-hydrogen) atoms. The molecule has 3 rings (SSSR count). The number of anilines is 1. The topological polar surface area (TPSA) is 54.8 Å². The van der Waals surface area contributed by atoms with Crippen LogP contribution in [-0.4, -0.2) is 26.7 Å². The third-order valence-corrected chi connectivity index (χ3v) is 3.44. The van der Waals surface area contributed by atoms with Crippen LogP contribution in [0.4, 0.5) is 5.82 Å². The molecule has 1 unspecified atom stereocenters. The van der Waals surface area contributed by atoms with Gasteiger partial charge < -0.3 is 4.90 Å². The Balaban J connectivity index is 1.91. The second kappa shape index (κ2) is 4.91. The maximum absolute atomic E-state index is 4.55. The smallest absolute Gasteiger partial charge is 0.151 e. The monoisotopic (exact) mass is 255 g/mol. The fourth-order valence-corrected chi connectivity index (χ4v) is 2.48. The van der Waals surface area contributed by atoms with E-state index in [1.165, 1.54) is 0 Å². The number of rotatable bonds is 2. The van der Waals surface area contributed by atoms with Crippen molar-refractivity contribution in [3.05, 3.63) is 41.6 Å². The first-order chi connectivity index (χ1) is 9.24. The molecule has 1 atom stereocenters. The predicted molar refractivity (Wildman–Crippen MR) is 72.9 cm³/mol. The van der Waals surface area contributed by atoms with Crippen LogP contribution in [0.5, 0.6) is 0 Å². The van der Waals surface area contributed by atoms with E-state index >= 15 is 0 Å². The molecule has 1 fully saturated rings. The van der Waals surface area contributed by atoms with Gasteiger partial charge in [-0.3, -0.25) is 0 Å². The average Bonchev–Trinajstić information content (AvgIpc) is 2.89. The Morgan fingerprint density at radius 3 is 2.74 bits per heavy atom. The van der Waals surface area contributed by atoms with Crippen LogP contribution in [0.2, 0.25) is 0 Å². The van der Waals surface area contributed by atoms with Gasteiger partial charge >= 0.3 is 0 Å². The summed E-state index contributed by atoms with van der Waals surface area (Å²) in [5.74, 6) is 1.80. The van der Waals surface area contributed by atoms with Crippen LogP contribution >= 0.6 is 0 Å². The number of hydrogen-bond donors (Lipinski definition) is 0. The summed E-state index contributed by atoms with van der Waals surface area (Å²) in [7, 11) is 0. The van der Waals surface area contributed by atoms with Crippen molar-refractivity contribution < 1.29 is 0 Å². The van der Waals surface area contributed by atoms with Crippen LogP contribution in [0.25, 0.3) is 0 Å². The normalized spacial score (nSPS) is 18.8. The second-order valence-corrected chi connectivity index (χ2v) is 4.94. The number of aromatic nitrogens is 4. The van der Waals surface area contributed by atoms with E-state index in [1.54, 1.807) is 0 Å². The van der Waals surface area contributed by atoms with Gasteiger partial charge in [-0.25, -0.2) is 9.97 Å². The zero-order valence-corrected chi connectivity index (χ0v) is 11.2. The Hall–Kier alpha value is -2.04. The van der Waals surface area contributed by atoms with Crippen molar-refractivity contribution >= 4 is 5.82 Å². The van der Waals surface area contributed by atoms with Gasteiger partial charge in [-0.05, 0) is 44.9 Å². The molecule has 0 bridgehead atoms. The van der Waals surface area contributed by atoms with Crippen LogP contribution in [0.3, 0.4) is 0 Å². The van der Waals surface area contributed by atoms with Gasteiger partial charge in [0.1, 0.15) is 0 Å². The summed E-state index contributed by atoms with van der Waals surface area (Å²) in [6.07, 6.45) is 4.03. The fourth-order valence-electron chi connectivity index (χ4n) is 2.48.